The van der Waals surface area contributed by atoms with Crippen molar-refractivity contribution in [3.05, 3.63) is 116 Å². The first-order chi connectivity index (χ1) is 15.1. The predicted octanol–water partition coefficient (Wildman–Crippen LogP) is 2.84. The van der Waals surface area contributed by atoms with Crippen molar-refractivity contribution in [3.8, 4) is 11.8 Å². The van der Waals surface area contributed by atoms with Crippen LogP contribution in [0.3, 0.4) is 0 Å². The Bertz CT molecular complexity index is 1400. The summed E-state index contributed by atoms with van der Waals surface area (Å²) in [5, 5.41) is 9.65. The Kier molecular flexibility index (Phi) is 5.83. The van der Waals surface area contributed by atoms with E-state index in [1.807, 2.05) is 48.5 Å². The van der Waals surface area contributed by atoms with E-state index < -0.39 is 0 Å². The average molecular weight is 410 g/mol. The van der Waals surface area contributed by atoms with Crippen LogP contribution in [0.1, 0.15) is 22.3 Å². The number of aliphatic hydroxyl groups is 1. The summed E-state index contributed by atoms with van der Waals surface area (Å²) < 4.78 is 2.72. The van der Waals surface area contributed by atoms with E-state index in [1.165, 1.54) is 9.13 Å². The summed E-state index contributed by atoms with van der Waals surface area (Å²) in [5.41, 5.74) is 3.33. The van der Waals surface area contributed by atoms with Gasteiger partial charge in [-0.05, 0) is 34.9 Å². The van der Waals surface area contributed by atoms with Gasteiger partial charge in [-0.15, -0.1) is 0 Å². The second-order valence-electron chi connectivity index (χ2n) is 7.40. The van der Waals surface area contributed by atoms with Gasteiger partial charge in [0.15, 0.2) is 0 Å². The van der Waals surface area contributed by atoms with Crippen LogP contribution >= 0.6 is 0 Å². The molecule has 0 amide bonds. The first kappa shape index (κ1) is 20.4. The lowest BCUT2D eigenvalue weighted by Crippen LogP contribution is -2.39. The van der Waals surface area contributed by atoms with Gasteiger partial charge in [0.05, 0.1) is 24.1 Å². The highest BCUT2D eigenvalue weighted by Crippen LogP contribution is 2.11. The third-order valence-electron chi connectivity index (χ3n) is 5.27. The van der Waals surface area contributed by atoms with Crippen molar-refractivity contribution in [1.29, 1.82) is 0 Å². The Morgan fingerprint density at radius 1 is 0.871 bits per heavy atom. The minimum atomic E-state index is -0.369. The molecule has 0 saturated carbocycles. The van der Waals surface area contributed by atoms with Gasteiger partial charge in [-0.25, -0.2) is 4.79 Å². The lowest BCUT2D eigenvalue weighted by molar-refractivity contribution is 0.282. The zero-order valence-corrected chi connectivity index (χ0v) is 17.2. The molecule has 0 spiro atoms. The molecule has 0 atom stereocenters. The summed E-state index contributed by atoms with van der Waals surface area (Å²) in [4.78, 5) is 25.9. The van der Waals surface area contributed by atoms with E-state index in [2.05, 4.69) is 11.8 Å². The first-order valence-corrected chi connectivity index (χ1v) is 10.0. The van der Waals surface area contributed by atoms with Gasteiger partial charge in [-0.1, -0.05) is 66.4 Å². The van der Waals surface area contributed by atoms with E-state index >= 15 is 0 Å². The third-order valence-corrected chi connectivity index (χ3v) is 5.27. The molecule has 0 saturated heterocycles. The Balaban J connectivity index is 1.71. The molecule has 0 aliphatic rings. The quantitative estimate of drug-likeness (QED) is 0.526. The van der Waals surface area contributed by atoms with E-state index in [4.69, 9.17) is 0 Å². The molecule has 0 bridgehead atoms. The van der Waals surface area contributed by atoms with E-state index in [9.17, 15) is 14.7 Å². The van der Waals surface area contributed by atoms with Crippen molar-refractivity contribution in [2.75, 3.05) is 0 Å². The Morgan fingerprint density at radius 2 is 1.58 bits per heavy atom. The molecule has 4 aromatic rings. The Labute approximate surface area is 179 Å². The van der Waals surface area contributed by atoms with Gasteiger partial charge in [-0.3, -0.25) is 13.9 Å². The van der Waals surface area contributed by atoms with Crippen molar-refractivity contribution in [1.82, 2.24) is 9.13 Å². The maximum absolute atomic E-state index is 13.1. The normalized spacial score (nSPS) is 10.6. The van der Waals surface area contributed by atoms with Crippen molar-refractivity contribution in [3.63, 3.8) is 0 Å². The number of hydrogen-bond acceptors (Lipinski definition) is 3. The number of rotatable bonds is 4. The maximum Gasteiger partial charge on any atom is 0.331 e. The smallest absolute Gasteiger partial charge is 0.331 e. The zero-order chi connectivity index (χ0) is 21.8. The van der Waals surface area contributed by atoms with Crippen LogP contribution in [0.25, 0.3) is 10.9 Å². The largest absolute Gasteiger partial charge is 0.392 e. The van der Waals surface area contributed by atoms with E-state index in [0.29, 0.717) is 17.3 Å². The SMILES string of the molecule is Cn1c(=O)n(Cc2ccc(CO)cc2)c(=O)c2cc(C#CCc3ccccc3)ccc21. The number of aromatic nitrogens is 2. The minimum Gasteiger partial charge on any atom is -0.392 e. The van der Waals surface area contributed by atoms with Gasteiger partial charge >= 0.3 is 5.69 Å². The van der Waals surface area contributed by atoms with Crippen LogP contribution in [0, 0.1) is 11.8 Å². The molecular weight excluding hydrogens is 388 g/mol. The fourth-order valence-corrected chi connectivity index (χ4v) is 3.51. The van der Waals surface area contributed by atoms with Gasteiger partial charge in [0, 0.05) is 19.0 Å². The highest BCUT2D eigenvalue weighted by molar-refractivity contribution is 5.79. The molecule has 0 fully saturated rings. The van der Waals surface area contributed by atoms with Crippen molar-refractivity contribution < 1.29 is 5.11 Å². The van der Waals surface area contributed by atoms with Gasteiger partial charge in [0.1, 0.15) is 0 Å². The van der Waals surface area contributed by atoms with Crippen LogP contribution < -0.4 is 11.2 Å². The van der Waals surface area contributed by atoms with Gasteiger partial charge in [-0.2, -0.15) is 0 Å². The summed E-state index contributed by atoms with van der Waals surface area (Å²) in [6.07, 6.45) is 0.625. The molecule has 1 aromatic heterocycles. The second-order valence-corrected chi connectivity index (χ2v) is 7.40. The van der Waals surface area contributed by atoms with Gasteiger partial charge in [0.2, 0.25) is 0 Å². The summed E-state index contributed by atoms with van der Waals surface area (Å²) >= 11 is 0. The summed E-state index contributed by atoms with van der Waals surface area (Å²) in [6.45, 7) is 0.114. The van der Waals surface area contributed by atoms with E-state index in [-0.39, 0.29) is 24.4 Å². The van der Waals surface area contributed by atoms with Crippen LogP contribution in [0.5, 0.6) is 0 Å². The molecule has 0 aliphatic carbocycles. The standard InChI is InChI=1S/C26H22N2O3/c1-27-24-15-14-20(9-5-8-19-6-3-2-4-7-19)16-23(24)25(30)28(26(27)31)17-21-10-12-22(18-29)13-11-21/h2-4,6-7,10-16,29H,8,17-18H2,1H3. The minimum absolute atomic E-state index is 0.0496. The molecule has 1 N–H and O–H groups in total. The van der Waals surface area contributed by atoms with Gasteiger partial charge < -0.3 is 5.11 Å². The molecule has 31 heavy (non-hydrogen) atoms. The van der Waals surface area contributed by atoms with E-state index in [0.717, 1.165) is 22.3 Å². The molecule has 0 unspecified atom stereocenters. The van der Waals surface area contributed by atoms with Crippen molar-refractivity contribution in [2.45, 2.75) is 19.6 Å². The number of benzene rings is 3. The number of hydrogen-bond donors (Lipinski definition) is 1. The lowest BCUT2D eigenvalue weighted by atomic mass is 10.1. The average Bonchev–Trinajstić information content (AvgIpc) is 2.81. The molecule has 5 nitrogen and oxygen atoms in total. The molecule has 1 heterocycles. The molecule has 5 heteroatoms. The third kappa shape index (κ3) is 4.35. The summed E-state index contributed by atoms with van der Waals surface area (Å²) in [7, 11) is 1.66. The van der Waals surface area contributed by atoms with Crippen LogP contribution in [-0.2, 0) is 26.6 Å². The van der Waals surface area contributed by atoms with Gasteiger partial charge in [0.25, 0.3) is 5.56 Å². The zero-order valence-electron chi connectivity index (χ0n) is 17.2. The number of nitrogens with zero attached hydrogens (tertiary/aromatic N) is 2. The van der Waals surface area contributed by atoms with Crippen molar-refractivity contribution in [2.24, 2.45) is 7.05 Å². The number of aryl methyl sites for hydroxylation is 1. The maximum atomic E-state index is 13.1. The molecule has 4 rings (SSSR count). The van der Waals surface area contributed by atoms with Crippen LogP contribution in [-0.4, -0.2) is 14.2 Å². The molecular formula is C26H22N2O3. The molecule has 154 valence electrons. The number of fused-ring (bicyclic) bond motifs is 1. The monoisotopic (exact) mass is 410 g/mol. The summed E-state index contributed by atoms with van der Waals surface area (Å²) in [6, 6.07) is 22.5. The topological polar surface area (TPSA) is 64.2 Å². The highest BCUT2D eigenvalue weighted by Gasteiger charge is 2.12. The van der Waals surface area contributed by atoms with Crippen molar-refractivity contribution >= 4 is 10.9 Å². The lowest BCUT2D eigenvalue weighted by Gasteiger charge is -2.11. The van der Waals surface area contributed by atoms with Crippen LogP contribution in [0.2, 0.25) is 0 Å². The second kappa shape index (κ2) is 8.86. The molecule has 0 aliphatic heterocycles. The van der Waals surface area contributed by atoms with E-state index in [1.54, 1.807) is 31.3 Å². The van der Waals surface area contributed by atoms with Crippen LogP contribution in [0.15, 0.2) is 82.4 Å². The Morgan fingerprint density at radius 3 is 2.29 bits per heavy atom. The molecule has 3 aromatic carbocycles. The highest BCUT2D eigenvalue weighted by atomic mass is 16.3. The molecule has 0 radical (unpaired) electrons. The first-order valence-electron chi connectivity index (χ1n) is 10.0. The fourth-order valence-electron chi connectivity index (χ4n) is 3.51. The number of aliphatic hydroxyl groups excluding tert-OH is 1. The predicted molar refractivity (Wildman–Crippen MR) is 122 cm³/mol. The van der Waals surface area contributed by atoms with Crippen LogP contribution in [0.4, 0.5) is 0 Å². The summed E-state index contributed by atoms with van der Waals surface area (Å²) in [5.74, 6) is 6.26. The fraction of sp³-hybridized carbons (Fsp3) is 0.154. The Hall–Kier alpha value is -3.88.